The number of nitrogens with zero attached hydrogens (tertiary/aromatic N) is 1. The smallest absolute Gasteiger partial charge is 0.326 e. The van der Waals surface area contributed by atoms with Crippen molar-refractivity contribution < 1.29 is 19.4 Å². The van der Waals surface area contributed by atoms with Crippen molar-refractivity contribution in [1.82, 2.24) is 5.32 Å². The van der Waals surface area contributed by atoms with Gasteiger partial charge < -0.3 is 20.1 Å². The van der Waals surface area contributed by atoms with Crippen LogP contribution in [0.2, 0.25) is 0 Å². The Morgan fingerprint density at radius 1 is 1.22 bits per heavy atom. The number of hydrogen-bond acceptors (Lipinski definition) is 4. The van der Waals surface area contributed by atoms with Gasteiger partial charge in [-0.1, -0.05) is 13.8 Å². The van der Waals surface area contributed by atoms with E-state index in [0.717, 1.165) is 18.8 Å². The molecule has 0 bridgehead atoms. The third-order valence-electron chi connectivity index (χ3n) is 3.82. The summed E-state index contributed by atoms with van der Waals surface area (Å²) in [5.41, 5.74) is 1.51. The second kappa shape index (κ2) is 7.97. The van der Waals surface area contributed by atoms with Gasteiger partial charge in [0, 0.05) is 24.3 Å². The molecule has 1 aliphatic rings. The highest BCUT2D eigenvalue weighted by atomic mass is 16.5. The third-order valence-corrected chi connectivity index (χ3v) is 3.82. The predicted molar refractivity (Wildman–Crippen MR) is 87.8 cm³/mol. The summed E-state index contributed by atoms with van der Waals surface area (Å²) < 4.78 is 5.32. The van der Waals surface area contributed by atoms with E-state index in [1.165, 1.54) is 0 Å². The molecule has 1 aromatic carbocycles. The fourth-order valence-electron chi connectivity index (χ4n) is 2.58. The maximum atomic E-state index is 12.2. The van der Waals surface area contributed by atoms with Crippen molar-refractivity contribution in [2.24, 2.45) is 5.92 Å². The molecule has 2 rings (SSSR count). The lowest BCUT2D eigenvalue weighted by Crippen LogP contribution is -2.41. The van der Waals surface area contributed by atoms with Crippen LogP contribution in [0.15, 0.2) is 24.3 Å². The quantitative estimate of drug-likeness (QED) is 0.835. The van der Waals surface area contributed by atoms with E-state index in [2.05, 4.69) is 10.2 Å². The molecule has 1 saturated heterocycles. The van der Waals surface area contributed by atoms with Crippen molar-refractivity contribution in [3.63, 3.8) is 0 Å². The highest BCUT2D eigenvalue weighted by molar-refractivity contribution is 5.96. The number of rotatable bonds is 6. The molecule has 126 valence electrons. The second-order valence-electron chi connectivity index (χ2n) is 6.14. The topological polar surface area (TPSA) is 78.9 Å². The van der Waals surface area contributed by atoms with Crippen LogP contribution in [0.1, 0.15) is 30.6 Å². The molecule has 2 N–H and O–H groups in total. The van der Waals surface area contributed by atoms with Gasteiger partial charge in [0.25, 0.3) is 5.91 Å². The van der Waals surface area contributed by atoms with E-state index in [4.69, 9.17) is 4.74 Å². The molecule has 1 fully saturated rings. The van der Waals surface area contributed by atoms with E-state index in [0.29, 0.717) is 25.2 Å². The molecule has 0 aromatic heterocycles. The van der Waals surface area contributed by atoms with Gasteiger partial charge in [-0.2, -0.15) is 0 Å². The highest BCUT2D eigenvalue weighted by Crippen LogP contribution is 2.17. The summed E-state index contributed by atoms with van der Waals surface area (Å²) in [6.45, 7) is 6.94. The van der Waals surface area contributed by atoms with E-state index < -0.39 is 12.0 Å². The Morgan fingerprint density at radius 3 is 2.35 bits per heavy atom. The number of carbonyl (C=O) groups excluding carboxylic acids is 1. The van der Waals surface area contributed by atoms with Crippen LogP contribution in [0.5, 0.6) is 0 Å². The van der Waals surface area contributed by atoms with Crippen LogP contribution in [0, 0.1) is 5.92 Å². The van der Waals surface area contributed by atoms with Crippen molar-refractivity contribution in [3.8, 4) is 0 Å². The molecule has 6 heteroatoms. The number of nitrogens with one attached hydrogen (secondary N) is 1. The molecule has 1 aromatic rings. The molecular weight excluding hydrogens is 296 g/mol. The molecule has 6 nitrogen and oxygen atoms in total. The van der Waals surface area contributed by atoms with E-state index >= 15 is 0 Å². The van der Waals surface area contributed by atoms with Gasteiger partial charge in [0.1, 0.15) is 6.04 Å². The number of ether oxygens (including phenoxy) is 1. The molecule has 1 amide bonds. The number of carboxylic acids is 1. The van der Waals surface area contributed by atoms with Gasteiger partial charge in [-0.3, -0.25) is 4.79 Å². The average Bonchev–Trinajstić information content (AvgIpc) is 2.54. The lowest BCUT2D eigenvalue weighted by molar-refractivity contribution is -0.139. The van der Waals surface area contributed by atoms with Gasteiger partial charge in [0.05, 0.1) is 13.2 Å². The highest BCUT2D eigenvalue weighted by Gasteiger charge is 2.21. The molecule has 1 aliphatic heterocycles. The molecule has 23 heavy (non-hydrogen) atoms. The second-order valence-corrected chi connectivity index (χ2v) is 6.14. The van der Waals surface area contributed by atoms with E-state index in [-0.39, 0.29) is 11.8 Å². The third kappa shape index (κ3) is 4.96. The zero-order chi connectivity index (χ0) is 16.8. The normalized spacial score (nSPS) is 16.2. The molecule has 0 saturated carbocycles. The molecular formula is C17H24N2O4. The largest absolute Gasteiger partial charge is 0.480 e. The first-order valence-electron chi connectivity index (χ1n) is 7.94. The number of aliphatic carboxylic acids is 1. The fourth-order valence-corrected chi connectivity index (χ4v) is 2.58. The Hall–Kier alpha value is -2.08. The number of carboxylic acid groups (broad SMARTS) is 1. The molecule has 1 atom stereocenters. The minimum Gasteiger partial charge on any atom is -0.480 e. The number of amides is 1. The van der Waals surface area contributed by atoms with Crippen LogP contribution in [0.3, 0.4) is 0 Å². The first kappa shape index (κ1) is 17.3. The number of anilines is 1. The Bertz CT molecular complexity index is 536. The van der Waals surface area contributed by atoms with Crippen LogP contribution in [0.25, 0.3) is 0 Å². The summed E-state index contributed by atoms with van der Waals surface area (Å²) in [5, 5.41) is 11.8. The van der Waals surface area contributed by atoms with Gasteiger partial charge in [0.2, 0.25) is 0 Å². The minimum absolute atomic E-state index is 0.195. The van der Waals surface area contributed by atoms with Crippen molar-refractivity contribution in [1.29, 1.82) is 0 Å². The van der Waals surface area contributed by atoms with Crippen molar-refractivity contribution in [3.05, 3.63) is 29.8 Å². The van der Waals surface area contributed by atoms with Crippen molar-refractivity contribution >= 4 is 17.6 Å². The SMILES string of the molecule is CC(C)CC(NC(=O)c1ccc(N2CCOCC2)cc1)C(=O)O. The zero-order valence-electron chi connectivity index (χ0n) is 13.6. The number of morpholine rings is 1. The maximum absolute atomic E-state index is 12.2. The van der Waals surface area contributed by atoms with E-state index in [1.54, 1.807) is 12.1 Å². The fraction of sp³-hybridized carbons (Fsp3) is 0.529. The summed E-state index contributed by atoms with van der Waals surface area (Å²) in [4.78, 5) is 25.6. The molecule has 1 unspecified atom stereocenters. The summed E-state index contributed by atoms with van der Waals surface area (Å²) in [6, 6.07) is 6.38. The number of carbonyl (C=O) groups is 2. The first-order chi connectivity index (χ1) is 11.0. The van der Waals surface area contributed by atoms with Gasteiger partial charge >= 0.3 is 5.97 Å². The summed E-state index contributed by atoms with van der Waals surface area (Å²) >= 11 is 0. The summed E-state index contributed by atoms with van der Waals surface area (Å²) in [6.07, 6.45) is 0.410. The predicted octanol–water partition coefficient (Wildman–Crippen LogP) is 1.75. The minimum atomic E-state index is -1.00. The monoisotopic (exact) mass is 320 g/mol. The van der Waals surface area contributed by atoms with Crippen LogP contribution >= 0.6 is 0 Å². The standard InChI is InChI=1S/C17H24N2O4/c1-12(2)11-15(17(21)22)18-16(20)13-3-5-14(6-4-13)19-7-9-23-10-8-19/h3-6,12,15H,7-11H2,1-2H3,(H,18,20)(H,21,22). The lowest BCUT2D eigenvalue weighted by Gasteiger charge is -2.28. The van der Waals surface area contributed by atoms with Gasteiger partial charge in [-0.15, -0.1) is 0 Å². The molecule has 0 radical (unpaired) electrons. The van der Waals surface area contributed by atoms with E-state index in [1.807, 2.05) is 26.0 Å². The van der Waals surface area contributed by atoms with E-state index in [9.17, 15) is 14.7 Å². The van der Waals surface area contributed by atoms with Crippen LogP contribution in [-0.2, 0) is 9.53 Å². The van der Waals surface area contributed by atoms with Crippen LogP contribution < -0.4 is 10.2 Å². The van der Waals surface area contributed by atoms with Crippen molar-refractivity contribution in [2.75, 3.05) is 31.2 Å². The Kier molecular flexibility index (Phi) is 5.98. The Balaban J connectivity index is 2.00. The molecule has 1 heterocycles. The zero-order valence-corrected chi connectivity index (χ0v) is 13.6. The van der Waals surface area contributed by atoms with Gasteiger partial charge in [-0.25, -0.2) is 4.79 Å². The van der Waals surface area contributed by atoms with Crippen LogP contribution in [0.4, 0.5) is 5.69 Å². The Labute approximate surface area is 136 Å². The molecule has 0 spiro atoms. The maximum Gasteiger partial charge on any atom is 0.326 e. The number of benzene rings is 1. The first-order valence-corrected chi connectivity index (χ1v) is 7.94. The Morgan fingerprint density at radius 2 is 1.83 bits per heavy atom. The lowest BCUT2D eigenvalue weighted by atomic mass is 10.0. The van der Waals surface area contributed by atoms with Crippen LogP contribution in [-0.4, -0.2) is 49.3 Å². The van der Waals surface area contributed by atoms with Gasteiger partial charge in [0.15, 0.2) is 0 Å². The van der Waals surface area contributed by atoms with Gasteiger partial charge in [-0.05, 0) is 36.6 Å². The van der Waals surface area contributed by atoms with Crippen molar-refractivity contribution in [2.45, 2.75) is 26.3 Å². The number of hydrogen-bond donors (Lipinski definition) is 2. The summed E-state index contributed by atoms with van der Waals surface area (Å²) in [7, 11) is 0. The molecule has 0 aliphatic carbocycles. The summed E-state index contributed by atoms with van der Waals surface area (Å²) in [5.74, 6) is -1.16. The average molecular weight is 320 g/mol.